The van der Waals surface area contributed by atoms with E-state index in [9.17, 15) is 10.2 Å². The highest BCUT2D eigenvalue weighted by molar-refractivity contribution is 5.42. The molecule has 1 aromatic carbocycles. The average Bonchev–Trinajstić information content (AvgIpc) is 2.42. The Morgan fingerprint density at radius 3 is 2.45 bits per heavy atom. The number of hydrogen-bond donors (Lipinski definition) is 2. The Kier molecular flexibility index (Phi) is 3.51. The maximum Gasteiger partial charge on any atom is 0.0840 e. The van der Waals surface area contributed by atoms with Gasteiger partial charge in [-0.1, -0.05) is 39.0 Å². The molecule has 0 bridgehead atoms. The summed E-state index contributed by atoms with van der Waals surface area (Å²) in [6.07, 6.45) is 3.92. The van der Waals surface area contributed by atoms with E-state index >= 15 is 0 Å². The van der Waals surface area contributed by atoms with Crippen molar-refractivity contribution in [1.82, 2.24) is 0 Å². The van der Waals surface area contributed by atoms with Crippen LogP contribution in [0.5, 0.6) is 0 Å². The summed E-state index contributed by atoms with van der Waals surface area (Å²) in [6, 6.07) is 6.53. The van der Waals surface area contributed by atoms with Crippen LogP contribution in [-0.4, -0.2) is 16.3 Å². The molecule has 2 nitrogen and oxygen atoms in total. The van der Waals surface area contributed by atoms with Gasteiger partial charge in [0, 0.05) is 0 Å². The van der Waals surface area contributed by atoms with Crippen LogP contribution >= 0.6 is 0 Å². The first-order chi connectivity index (χ1) is 10.1. The van der Waals surface area contributed by atoms with Crippen molar-refractivity contribution < 1.29 is 10.2 Å². The number of hydrogen-bond acceptors (Lipinski definition) is 2. The molecular formula is C20H30O2. The van der Waals surface area contributed by atoms with Crippen LogP contribution in [-0.2, 0) is 17.4 Å². The number of benzene rings is 1. The molecule has 0 unspecified atom stereocenters. The van der Waals surface area contributed by atoms with E-state index < -0.39 is 5.60 Å². The first-order valence-electron chi connectivity index (χ1n) is 8.61. The molecule has 2 heteroatoms. The molecule has 22 heavy (non-hydrogen) atoms. The smallest absolute Gasteiger partial charge is 0.0840 e. The fraction of sp³-hybridized carbons (Fsp3) is 0.700. The van der Waals surface area contributed by atoms with E-state index in [-0.39, 0.29) is 16.9 Å². The fourth-order valence-corrected chi connectivity index (χ4v) is 5.09. The van der Waals surface area contributed by atoms with Gasteiger partial charge in [-0.05, 0) is 73.0 Å². The summed E-state index contributed by atoms with van der Waals surface area (Å²) >= 11 is 0. The third kappa shape index (κ3) is 2.23. The minimum atomic E-state index is -0.783. The second-order valence-corrected chi connectivity index (χ2v) is 8.82. The Labute approximate surface area is 134 Å². The lowest BCUT2D eigenvalue weighted by molar-refractivity contribution is -0.0731. The van der Waals surface area contributed by atoms with Gasteiger partial charge >= 0.3 is 0 Å². The van der Waals surface area contributed by atoms with Gasteiger partial charge in [-0.25, -0.2) is 0 Å². The molecule has 0 aromatic heterocycles. The topological polar surface area (TPSA) is 40.5 Å². The lowest BCUT2D eigenvalue weighted by Crippen LogP contribution is -2.53. The Hall–Kier alpha value is -0.860. The summed E-state index contributed by atoms with van der Waals surface area (Å²) in [6.45, 7) is 10.5. The summed E-state index contributed by atoms with van der Waals surface area (Å²) in [7, 11) is 0. The van der Waals surface area contributed by atoms with Crippen molar-refractivity contribution >= 4 is 0 Å². The van der Waals surface area contributed by atoms with Crippen molar-refractivity contribution in [2.24, 2.45) is 11.3 Å². The maximum absolute atomic E-state index is 10.5. The molecule has 0 aliphatic heterocycles. The molecule has 1 aromatic rings. The van der Waals surface area contributed by atoms with Crippen molar-refractivity contribution in [3.05, 3.63) is 34.9 Å². The van der Waals surface area contributed by atoms with Gasteiger partial charge in [0.1, 0.15) is 0 Å². The highest BCUT2D eigenvalue weighted by Crippen LogP contribution is 2.57. The van der Waals surface area contributed by atoms with Crippen molar-refractivity contribution in [3.8, 4) is 0 Å². The number of rotatable bonds is 1. The van der Waals surface area contributed by atoms with Gasteiger partial charge in [-0.15, -0.1) is 0 Å². The van der Waals surface area contributed by atoms with Gasteiger partial charge in [0.15, 0.2) is 0 Å². The molecular weight excluding hydrogens is 272 g/mol. The van der Waals surface area contributed by atoms with Crippen LogP contribution < -0.4 is 0 Å². The Balaban J connectivity index is 2.07. The molecule has 2 aliphatic carbocycles. The largest absolute Gasteiger partial charge is 0.393 e. The van der Waals surface area contributed by atoms with Crippen molar-refractivity contribution in [3.63, 3.8) is 0 Å². The zero-order chi connectivity index (χ0) is 16.3. The molecule has 1 fully saturated rings. The molecule has 0 heterocycles. The second kappa shape index (κ2) is 4.82. The standard InChI is InChI=1S/C20H30O2/c1-18(2)16-9-6-13-12-14(19(3,4)22)7-8-15(13)20(16,5)11-10-17(18)21/h7-8,12,16-17,21-22H,6,9-11H2,1-5H3/t16-,17+,20-/m1/s1. The third-order valence-electron chi connectivity index (χ3n) is 6.59. The molecule has 3 atom stereocenters. The molecule has 1 saturated carbocycles. The zero-order valence-corrected chi connectivity index (χ0v) is 14.6. The van der Waals surface area contributed by atoms with Gasteiger partial charge in [0.2, 0.25) is 0 Å². The molecule has 122 valence electrons. The van der Waals surface area contributed by atoms with Crippen molar-refractivity contribution in [2.45, 2.75) is 77.4 Å². The molecule has 2 N–H and O–H groups in total. The maximum atomic E-state index is 10.5. The van der Waals surface area contributed by atoms with E-state index in [0.717, 1.165) is 31.2 Å². The molecule has 2 aliphatic rings. The van der Waals surface area contributed by atoms with Gasteiger partial charge in [0.05, 0.1) is 11.7 Å². The number of aliphatic hydroxyl groups excluding tert-OH is 1. The minimum Gasteiger partial charge on any atom is -0.393 e. The molecule has 0 spiro atoms. The Morgan fingerprint density at radius 2 is 1.82 bits per heavy atom. The summed E-state index contributed by atoms with van der Waals surface area (Å²) in [5.74, 6) is 0.518. The van der Waals surface area contributed by atoms with E-state index in [1.807, 2.05) is 13.8 Å². The summed E-state index contributed by atoms with van der Waals surface area (Å²) in [5.41, 5.74) is 3.17. The SMILES string of the molecule is CC(C)(O)c1ccc2c(c1)CC[C@@H]1C(C)(C)[C@@H](O)CC[C@]21C. The summed E-state index contributed by atoms with van der Waals surface area (Å²) in [4.78, 5) is 0. The van der Waals surface area contributed by atoms with Gasteiger partial charge < -0.3 is 10.2 Å². The quantitative estimate of drug-likeness (QED) is 0.825. The van der Waals surface area contributed by atoms with E-state index in [4.69, 9.17) is 0 Å². The number of aryl methyl sites for hydroxylation is 1. The first kappa shape index (κ1) is 16.0. The summed E-state index contributed by atoms with van der Waals surface area (Å²) < 4.78 is 0. The van der Waals surface area contributed by atoms with Gasteiger partial charge in [-0.3, -0.25) is 0 Å². The number of fused-ring (bicyclic) bond motifs is 3. The number of aliphatic hydroxyl groups is 2. The Morgan fingerprint density at radius 1 is 1.14 bits per heavy atom. The predicted octanol–water partition coefficient (Wildman–Crippen LogP) is 3.92. The Bertz CT molecular complexity index is 582. The fourth-order valence-electron chi connectivity index (χ4n) is 5.09. The second-order valence-electron chi connectivity index (χ2n) is 8.82. The summed E-state index contributed by atoms with van der Waals surface area (Å²) in [5, 5.41) is 20.7. The minimum absolute atomic E-state index is 0.0282. The molecule has 3 rings (SSSR count). The monoisotopic (exact) mass is 302 g/mol. The lowest BCUT2D eigenvalue weighted by Gasteiger charge is -2.56. The predicted molar refractivity (Wildman–Crippen MR) is 89.9 cm³/mol. The normalized spacial score (nSPS) is 34.0. The average molecular weight is 302 g/mol. The highest BCUT2D eigenvalue weighted by atomic mass is 16.3. The van der Waals surface area contributed by atoms with Gasteiger partial charge in [-0.2, -0.15) is 0 Å². The van der Waals surface area contributed by atoms with Crippen LogP contribution in [0.15, 0.2) is 18.2 Å². The molecule has 0 amide bonds. The van der Waals surface area contributed by atoms with Gasteiger partial charge in [0.25, 0.3) is 0 Å². The molecule has 0 saturated heterocycles. The van der Waals surface area contributed by atoms with Crippen LogP contribution in [0.25, 0.3) is 0 Å². The van der Waals surface area contributed by atoms with Crippen LogP contribution in [0.1, 0.15) is 70.6 Å². The van der Waals surface area contributed by atoms with Crippen LogP contribution in [0.2, 0.25) is 0 Å². The van der Waals surface area contributed by atoms with E-state index in [2.05, 4.69) is 39.0 Å². The van der Waals surface area contributed by atoms with Crippen LogP contribution in [0.4, 0.5) is 0 Å². The van der Waals surface area contributed by atoms with E-state index in [0.29, 0.717) is 5.92 Å². The lowest BCUT2D eigenvalue weighted by atomic mass is 9.49. The third-order valence-corrected chi connectivity index (χ3v) is 6.59. The molecule has 0 radical (unpaired) electrons. The highest BCUT2D eigenvalue weighted by Gasteiger charge is 2.53. The first-order valence-corrected chi connectivity index (χ1v) is 8.61. The van der Waals surface area contributed by atoms with Crippen molar-refractivity contribution in [1.29, 1.82) is 0 Å². The van der Waals surface area contributed by atoms with E-state index in [1.54, 1.807) is 0 Å². The van der Waals surface area contributed by atoms with Crippen LogP contribution in [0.3, 0.4) is 0 Å². The van der Waals surface area contributed by atoms with E-state index in [1.165, 1.54) is 11.1 Å². The zero-order valence-electron chi connectivity index (χ0n) is 14.6. The van der Waals surface area contributed by atoms with Crippen molar-refractivity contribution in [2.75, 3.05) is 0 Å². The van der Waals surface area contributed by atoms with Crippen LogP contribution in [0, 0.1) is 11.3 Å².